The molecule has 3 N–H and O–H groups in total. The summed E-state index contributed by atoms with van der Waals surface area (Å²) in [7, 11) is 0. The topological polar surface area (TPSA) is 63.8 Å². The zero-order chi connectivity index (χ0) is 14.5. The first-order chi connectivity index (χ1) is 10.3. The SMILES string of the molecule is Nc1nsc(NCCC2CCCCC2)c1-c1cccnc1. The standard InChI is InChI=1S/C16H22N4S/c17-15-14(13-7-4-9-18-11-13)16(21-20-15)19-10-8-12-5-2-1-3-6-12/h4,7,9,11-12,19H,1-3,5-6,8,10H2,(H2,17,20). The van der Waals surface area contributed by atoms with Crippen molar-refractivity contribution in [1.82, 2.24) is 9.36 Å². The van der Waals surface area contributed by atoms with Crippen molar-refractivity contribution in [2.75, 3.05) is 17.6 Å². The number of hydrogen-bond donors (Lipinski definition) is 2. The molecule has 5 heteroatoms. The first kappa shape index (κ1) is 14.3. The van der Waals surface area contributed by atoms with Gasteiger partial charge in [-0.05, 0) is 29.9 Å². The molecule has 4 nitrogen and oxygen atoms in total. The van der Waals surface area contributed by atoms with Gasteiger partial charge in [-0.25, -0.2) is 0 Å². The highest BCUT2D eigenvalue weighted by Gasteiger charge is 2.16. The van der Waals surface area contributed by atoms with Crippen molar-refractivity contribution in [2.45, 2.75) is 38.5 Å². The quantitative estimate of drug-likeness (QED) is 0.870. The predicted octanol–water partition coefficient (Wildman–Crippen LogP) is 4.17. The van der Waals surface area contributed by atoms with E-state index in [1.165, 1.54) is 50.1 Å². The fourth-order valence-electron chi connectivity index (χ4n) is 3.08. The van der Waals surface area contributed by atoms with Crippen molar-refractivity contribution < 1.29 is 0 Å². The third-order valence-corrected chi connectivity index (χ3v) is 5.05. The van der Waals surface area contributed by atoms with E-state index in [4.69, 9.17) is 5.73 Å². The molecular formula is C16H22N4S. The van der Waals surface area contributed by atoms with Crippen molar-refractivity contribution >= 4 is 22.4 Å². The molecule has 2 heterocycles. The van der Waals surface area contributed by atoms with Gasteiger partial charge in [0.1, 0.15) is 10.8 Å². The molecule has 0 radical (unpaired) electrons. The summed E-state index contributed by atoms with van der Waals surface area (Å²) >= 11 is 1.44. The van der Waals surface area contributed by atoms with Crippen molar-refractivity contribution in [2.24, 2.45) is 5.92 Å². The van der Waals surface area contributed by atoms with Gasteiger partial charge in [-0.3, -0.25) is 4.98 Å². The highest BCUT2D eigenvalue weighted by molar-refractivity contribution is 7.11. The van der Waals surface area contributed by atoms with E-state index in [-0.39, 0.29) is 0 Å². The number of anilines is 2. The summed E-state index contributed by atoms with van der Waals surface area (Å²) in [6.07, 6.45) is 11.9. The largest absolute Gasteiger partial charge is 0.382 e. The minimum atomic E-state index is 0.591. The highest BCUT2D eigenvalue weighted by atomic mass is 32.1. The maximum absolute atomic E-state index is 6.02. The number of hydrogen-bond acceptors (Lipinski definition) is 5. The molecule has 0 bridgehead atoms. The lowest BCUT2D eigenvalue weighted by Gasteiger charge is -2.21. The fourth-order valence-corrected chi connectivity index (χ4v) is 3.84. The third-order valence-electron chi connectivity index (χ3n) is 4.23. The van der Waals surface area contributed by atoms with Crippen LogP contribution in [0.4, 0.5) is 10.8 Å². The van der Waals surface area contributed by atoms with Gasteiger partial charge < -0.3 is 11.1 Å². The van der Waals surface area contributed by atoms with Crippen molar-refractivity contribution in [1.29, 1.82) is 0 Å². The molecule has 1 aliphatic rings. The third kappa shape index (κ3) is 3.53. The summed E-state index contributed by atoms with van der Waals surface area (Å²) in [4.78, 5) is 4.17. The lowest BCUT2D eigenvalue weighted by atomic mass is 9.87. The molecule has 112 valence electrons. The Morgan fingerprint density at radius 3 is 2.90 bits per heavy atom. The number of nitrogens with zero attached hydrogens (tertiary/aromatic N) is 2. The highest BCUT2D eigenvalue weighted by Crippen LogP contribution is 2.36. The number of aromatic nitrogens is 2. The van der Waals surface area contributed by atoms with Crippen molar-refractivity contribution in [3.63, 3.8) is 0 Å². The zero-order valence-electron chi connectivity index (χ0n) is 12.2. The van der Waals surface area contributed by atoms with Gasteiger partial charge in [-0.2, -0.15) is 4.37 Å². The Morgan fingerprint density at radius 2 is 2.14 bits per heavy atom. The average molecular weight is 302 g/mol. The Labute approximate surface area is 130 Å². The van der Waals surface area contributed by atoms with Gasteiger partial charge in [-0.1, -0.05) is 38.2 Å². The first-order valence-corrected chi connectivity index (χ1v) is 8.51. The Balaban J connectivity index is 1.63. The van der Waals surface area contributed by atoms with E-state index in [0.29, 0.717) is 5.82 Å². The molecule has 0 amide bonds. The van der Waals surface area contributed by atoms with Crippen LogP contribution in [0.1, 0.15) is 38.5 Å². The number of rotatable bonds is 5. The molecule has 0 atom stereocenters. The second kappa shape index (κ2) is 6.89. The minimum absolute atomic E-state index is 0.591. The summed E-state index contributed by atoms with van der Waals surface area (Å²) in [5, 5.41) is 4.59. The molecule has 2 aromatic rings. The molecular weight excluding hydrogens is 280 g/mol. The summed E-state index contributed by atoms with van der Waals surface area (Å²) in [5.74, 6) is 1.48. The molecule has 0 saturated heterocycles. The van der Waals surface area contributed by atoms with Gasteiger partial charge in [0.25, 0.3) is 0 Å². The Hall–Kier alpha value is -1.62. The van der Waals surface area contributed by atoms with E-state index >= 15 is 0 Å². The molecule has 2 aromatic heterocycles. The van der Waals surface area contributed by atoms with E-state index in [1.54, 1.807) is 6.20 Å². The van der Waals surface area contributed by atoms with Crippen LogP contribution in [-0.2, 0) is 0 Å². The molecule has 0 aliphatic heterocycles. The van der Waals surface area contributed by atoms with Crippen LogP contribution < -0.4 is 11.1 Å². The van der Waals surface area contributed by atoms with Crippen molar-refractivity contribution in [3.05, 3.63) is 24.5 Å². The van der Waals surface area contributed by atoms with Gasteiger partial charge in [0, 0.05) is 24.5 Å². The number of nitrogens with one attached hydrogen (secondary N) is 1. The zero-order valence-corrected chi connectivity index (χ0v) is 13.0. The van der Waals surface area contributed by atoms with Crippen LogP contribution in [0.5, 0.6) is 0 Å². The molecule has 1 fully saturated rings. The van der Waals surface area contributed by atoms with Crippen LogP contribution >= 0.6 is 11.5 Å². The monoisotopic (exact) mass is 302 g/mol. The van der Waals surface area contributed by atoms with Crippen molar-refractivity contribution in [3.8, 4) is 11.1 Å². The van der Waals surface area contributed by atoms with Crippen LogP contribution in [0.25, 0.3) is 11.1 Å². The van der Waals surface area contributed by atoms with E-state index in [0.717, 1.165) is 28.6 Å². The predicted molar refractivity (Wildman–Crippen MR) is 89.4 cm³/mol. The fraction of sp³-hybridized carbons (Fsp3) is 0.500. The first-order valence-electron chi connectivity index (χ1n) is 7.74. The van der Waals surface area contributed by atoms with Gasteiger partial charge in [-0.15, -0.1) is 0 Å². The summed E-state index contributed by atoms with van der Waals surface area (Å²) in [6.45, 7) is 1.000. The summed E-state index contributed by atoms with van der Waals surface area (Å²) in [6, 6.07) is 3.96. The molecule has 1 saturated carbocycles. The smallest absolute Gasteiger partial charge is 0.147 e. The van der Waals surface area contributed by atoms with E-state index in [2.05, 4.69) is 14.7 Å². The molecule has 3 rings (SSSR count). The second-order valence-corrected chi connectivity index (χ2v) is 6.51. The lowest BCUT2D eigenvalue weighted by molar-refractivity contribution is 0.345. The van der Waals surface area contributed by atoms with Crippen LogP contribution in [0.2, 0.25) is 0 Å². The number of nitrogens with two attached hydrogens (primary N) is 1. The number of nitrogen functional groups attached to an aromatic ring is 1. The van der Waals surface area contributed by atoms with E-state index in [1.807, 2.05) is 18.3 Å². The van der Waals surface area contributed by atoms with E-state index in [9.17, 15) is 0 Å². The lowest BCUT2D eigenvalue weighted by Crippen LogP contribution is -2.12. The van der Waals surface area contributed by atoms with Gasteiger partial charge in [0.15, 0.2) is 0 Å². The molecule has 0 spiro atoms. The second-order valence-electron chi connectivity index (χ2n) is 5.73. The van der Waals surface area contributed by atoms with Crippen LogP contribution in [0, 0.1) is 5.92 Å². The summed E-state index contributed by atoms with van der Waals surface area (Å²) < 4.78 is 4.29. The van der Waals surface area contributed by atoms with Gasteiger partial charge in [0.2, 0.25) is 0 Å². The van der Waals surface area contributed by atoms with E-state index < -0.39 is 0 Å². The maximum atomic E-state index is 6.02. The van der Waals surface area contributed by atoms with Crippen LogP contribution in [0.15, 0.2) is 24.5 Å². The normalized spacial score (nSPS) is 16.0. The molecule has 21 heavy (non-hydrogen) atoms. The van der Waals surface area contributed by atoms with Crippen LogP contribution in [-0.4, -0.2) is 15.9 Å². The van der Waals surface area contributed by atoms with Crippen LogP contribution in [0.3, 0.4) is 0 Å². The number of pyridine rings is 1. The molecule has 0 unspecified atom stereocenters. The molecule has 0 aromatic carbocycles. The Bertz CT molecular complexity index is 561. The van der Waals surface area contributed by atoms with Gasteiger partial charge >= 0.3 is 0 Å². The average Bonchev–Trinajstić information content (AvgIpc) is 2.90. The Morgan fingerprint density at radius 1 is 1.29 bits per heavy atom. The van der Waals surface area contributed by atoms with Gasteiger partial charge in [0.05, 0.1) is 5.56 Å². The maximum Gasteiger partial charge on any atom is 0.147 e. The minimum Gasteiger partial charge on any atom is -0.382 e. The molecule has 1 aliphatic carbocycles. The summed E-state index contributed by atoms with van der Waals surface area (Å²) in [5.41, 5.74) is 8.05. The Kier molecular flexibility index (Phi) is 4.70.